The van der Waals surface area contributed by atoms with Crippen LogP contribution in [0.15, 0.2) is 18.2 Å². The van der Waals surface area contributed by atoms with E-state index in [2.05, 4.69) is 5.32 Å². The zero-order chi connectivity index (χ0) is 17.8. The fraction of sp³-hybridized carbons (Fsp3) is 0.529. The topological polar surface area (TPSA) is 58.6 Å². The number of nitrogens with one attached hydrogen (secondary N) is 1. The molecule has 23 heavy (non-hydrogen) atoms. The highest BCUT2D eigenvalue weighted by atomic mass is 19.1. The van der Waals surface area contributed by atoms with Crippen molar-refractivity contribution >= 4 is 11.8 Å². The van der Waals surface area contributed by atoms with Gasteiger partial charge in [0.2, 0.25) is 11.8 Å². The Labute approximate surface area is 136 Å². The summed E-state index contributed by atoms with van der Waals surface area (Å²) >= 11 is 0. The minimum atomic E-state index is -0.644. The normalized spacial score (nSPS) is 12.5. The maximum Gasteiger partial charge on any atom is 0.244 e. The molecule has 1 aromatic carbocycles. The summed E-state index contributed by atoms with van der Waals surface area (Å²) in [6, 6.07) is 3.91. The third-order valence-corrected chi connectivity index (χ3v) is 3.41. The minimum Gasteiger partial charge on any atom is -0.494 e. The second-order valence-electron chi connectivity index (χ2n) is 6.61. The third kappa shape index (κ3) is 5.23. The predicted molar refractivity (Wildman–Crippen MR) is 86.5 cm³/mol. The van der Waals surface area contributed by atoms with Crippen LogP contribution in [-0.2, 0) is 16.1 Å². The summed E-state index contributed by atoms with van der Waals surface area (Å²) in [7, 11) is 3.01. The van der Waals surface area contributed by atoms with Crippen LogP contribution in [0.2, 0.25) is 0 Å². The predicted octanol–water partition coefficient (Wildman–Crippen LogP) is 2.34. The zero-order valence-electron chi connectivity index (χ0n) is 14.6. The molecule has 0 aliphatic rings. The van der Waals surface area contributed by atoms with Crippen molar-refractivity contribution in [3.8, 4) is 5.75 Å². The average molecular weight is 324 g/mol. The molecule has 0 heterocycles. The van der Waals surface area contributed by atoms with E-state index in [-0.39, 0.29) is 24.1 Å². The first kappa shape index (κ1) is 18.9. The van der Waals surface area contributed by atoms with E-state index >= 15 is 0 Å². The zero-order valence-corrected chi connectivity index (χ0v) is 14.6. The van der Waals surface area contributed by atoms with E-state index in [0.717, 1.165) is 0 Å². The molecule has 0 radical (unpaired) electrons. The Balaban J connectivity index is 2.70. The lowest BCUT2D eigenvalue weighted by molar-refractivity contribution is -0.137. The Morgan fingerprint density at radius 3 is 2.43 bits per heavy atom. The lowest BCUT2D eigenvalue weighted by Gasteiger charge is -2.25. The smallest absolute Gasteiger partial charge is 0.244 e. The number of amides is 2. The molecule has 2 amide bonds. The highest BCUT2D eigenvalue weighted by Gasteiger charge is 2.26. The Hall–Kier alpha value is -2.11. The van der Waals surface area contributed by atoms with Crippen LogP contribution in [0.3, 0.4) is 0 Å². The first-order chi connectivity index (χ1) is 10.6. The molecule has 0 aliphatic carbocycles. The van der Waals surface area contributed by atoms with Gasteiger partial charge >= 0.3 is 0 Å². The molecule has 0 aliphatic heterocycles. The largest absolute Gasteiger partial charge is 0.494 e. The number of methoxy groups -OCH3 is 1. The number of likely N-dealkylation sites (N-methyl/N-ethyl adjacent to an activating group) is 1. The van der Waals surface area contributed by atoms with Gasteiger partial charge in [-0.1, -0.05) is 26.8 Å². The van der Waals surface area contributed by atoms with Crippen LogP contribution >= 0.6 is 0 Å². The Kier molecular flexibility index (Phi) is 6.12. The highest BCUT2D eigenvalue weighted by molar-refractivity contribution is 5.89. The summed E-state index contributed by atoms with van der Waals surface area (Å²) in [5.74, 6) is -0.741. The van der Waals surface area contributed by atoms with Crippen LogP contribution in [0.1, 0.15) is 33.3 Å². The molecule has 0 aromatic heterocycles. The van der Waals surface area contributed by atoms with E-state index in [9.17, 15) is 14.0 Å². The number of carbonyl (C=O) groups is 2. The van der Waals surface area contributed by atoms with Crippen LogP contribution < -0.4 is 10.1 Å². The maximum atomic E-state index is 13.7. The Bertz CT molecular complexity index is 582. The number of ether oxygens (including phenoxy) is 1. The van der Waals surface area contributed by atoms with Gasteiger partial charge < -0.3 is 15.0 Å². The summed E-state index contributed by atoms with van der Waals surface area (Å²) in [6.07, 6.45) is 0. The second-order valence-corrected chi connectivity index (χ2v) is 6.61. The summed E-state index contributed by atoms with van der Waals surface area (Å²) in [5.41, 5.74) is 0.0835. The van der Waals surface area contributed by atoms with Gasteiger partial charge in [-0.05, 0) is 24.6 Å². The summed E-state index contributed by atoms with van der Waals surface area (Å²) < 4.78 is 18.5. The van der Waals surface area contributed by atoms with Gasteiger partial charge in [0, 0.05) is 19.0 Å². The van der Waals surface area contributed by atoms with Crippen molar-refractivity contribution in [1.29, 1.82) is 0 Å². The molecule has 5 nitrogen and oxygen atoms in total. The number of benzene rings is 1. The van der Waals surface area contributed by atoms with Crippen molar-refractivity contribution in [2.24, 2.45) is 5.41 Å². The number of hydrogen-bond donors (Lipinski definition) is 1. The molecule has 0 spiro atoms. The van der Waals surface area contributed by atoms with Crippen LogP contribution in [0.25, 0.3) is 0 Å². The summed E-state index contributed by atoms with van der Waals surface area (Å²) in [4.78, 5) is 25.7. The van der Waals surface area contributed by atoms with Crippen molar-refractivity contribution in [3.05, 3.63) is 29.6 Å². The lowest BCUT2D eigenvalue weighted by atomic mass is 9.95. The van der Waals surface area contributed by atoms with Crippen LogP contribution in [0.5, 0.6) is 5.75 Å². The van der Waals surface area contributed by atoms with Crippen molar-refractivity contribution in [2.75, 3.05) is 14.2 Å². The quantitative estimate of drug-likeness (QED) is 0.904. The van der Waals surface area contributed by atoms with Gasteiger partial charge in [-0.2, -0.15) is 0 Å². The monoisotopic (exact) mass is 324 g/mol. The Morgan fingerprint density at radius 2 is 1.96 bits per heavy atom. The first-order valence-electron chi connectivity index (χ1n) is 7.44. The molecule has 0 bridgehead atoms. The van der Waals surface area contributed by atoms with Gasteiger partial charge in [0.05, 0.1) is 7.11 Å². The van der Waals surface area contributed by atoms with E-state index in [4.69, 9.17) is 4.74 Å². The van der Waals surface area contributed by atoms with Crippen LogP contribution in [0, 0.1) is 11.2 Å². The molecule has 6 heteroatoms. The molecule has 1 rings (SSSR count). The minimum absolute atomic E-state index is 0.161. The molecule has 0 fully saturated rings. The van der Waals surface area contributed by atoms with Crippen LogP contribution in [-0.4, -0.2) is 36.9 Å². The molecule has 0 saturated carbocycles. The molecule has 0 saturated heterocycles. The van der Waals surface area contributed by atoms with E-state index in [0.29, 0.717) is 5.56 Å². The fourth-order valence-electron chi connectivity index (χ4n) is 1.97. The van der Waals surface area contributed by atoms with E-state index < -0.39 is 17.3 Å². The number of carbonyl (C=O) groups excluding carboxylic acids is 2. The number of rotatable bonds is 5. The lowest BCUT2D eigenvalue weighted by Crippen LogP contribution is -2.48. The number of halogens is 1. The van der Waals surface area contributed by atoms with Gasteiger partial charge in [0.1, 0.15) is 6.04 Å². The van der Waals surface area contributed by atoms with Gasteiger partial charge in [-0.15, -0.1) is 0 Å². The molecule has 1 atom stereocenters. The standard InChI is InChI=1S/C17H25FN2O3/c1-11(19-16(22)17(2,3)4)15(21)20(5)10-12-7-8-14(23-6)13(18)9-12/h7-9,11H,10H2,1-6H3,(H,19,22). The molecular weight excluding hydrogens is 299 g/mol. The van der Waals surface area contributed by atoms with Gasteiger partial charge in [0.25, 0.3) is 0 Å². The van der Waals surface area contributed by atoms with Gasteiger partial charge in [-0.3, -0.25) is 9.59 Å². The molecular formula is C17H25FN2O3. The Morgan fingerprint density at radius 1 is 1.35 bits per heavy atom. The van der Waals surface area contributed by atoms with Gasteiger partial charge in [0.15, 0.2) is 11.6 Å². The van der Waals surface area contributed by atoms with Crippen molar-refractivity contribution in [1.82, 2.24) is 10.2 Å². The number of hydrogen-bond acceptors (Lipinski definition) is 3. The van der Waals surface area contributed by atoms with Crippen molar-refractivity contribution < 1.29 is 18.7 Å². The molecule has 1 unspecified atom stereocenters. The van der Waals surface area contributed by atoms with Crippen molar-refractivity contribution in [3.63, 3.8) is 0 Å². The molecule has 128 valence electrons. The number of nitrogens with zero attached hydrogens (tertiary/aromatic N) is 1. The fourth-order valence-corrected chi connectivity index (χ4v) is 1.97. The van der Waals surface area contributed by atoms with Gasteiger partial charge in [-0.25, -0.2) is 4.39 Å². The first-order valence-corrected chi connectivity index (χ1v) is 7.44. The summed E-state index contributed by atoms with van der Waals surface area (Å²) in [5, 5.41) is 2.69. The molecule has 1 N–H and O–H groups in total. The highest BCUT2D eigenvalue weighted by Crippen LogP contribution is 2.18. The van der Waals surface area contributed by atoms with E-state index in [1.165, 1.54) is 24.1 Å². The molecule has 1 aromatic rings. The SMILES string of the molecule is COc1ccc(CN(C)C(=O)C(C)NC(=O)C(C)(C)C)cc1F. The van der Waals surface area contributed by atoms with E-state index in [1.807, 2.05) is 0 Å². The summed E-state index contributed by atoms with van der Waals surface area (Å²) in [6.45, 7) is 7.22. The van der Waals surface area contributed by atoms with Crippen molar-refractivity contribution in [2.45, 2.75) is 40.3 Å². The average Bonchev–Trinajstić information content (AvgIpc) is 2.45. The maximum absolute atomic E-state index is 13.7. The van der Waals surface area contributed by atoms with Crippen LogP contribution in [0.4, 0.5) is 4.39 Å². The second kappa shape index (κ2) is 7.44. The third-order valence-electron chi connectivity index (χ3n) is 3.41. The van der Waals surface area contributed by atoms with E-state index in [1.54, 1.807) is 40.8 Å².